The van der Waals surface area contributed by atoms with Gasteiger partial charge in [0.1, 0.15) is 0 Å². The highest BCUT2D eigenvalue weighted by atomic mass is 32.1. The van der Waals surface area contributed by atoms with Gasteiger partial charge in [-0.3, -0.25) is 4.79 Å². The second kappa shape index (κ2) is 7.06. The predicted octanol–water partition coefficient (Wildman–Crippen LogP) is 5.05. The maximum absolute atomic E-state index is 13.2. The molecule has 2 aromatic rings. The highest BCUT2D eigenvalue weighted by molar-refractivity contribution is 7.12. The molecule has 1 aromatic carbocycles. The SMILES string of the molecule is O=C(c1cccs1)N(c1ccccc1)C1CC2(CCN(CC3CC3)CC2)C1. The van der Waals surface area contributed by atoms with Gasteiger partial charge in [0.2, 0.25) is 0 Å². The second-order valence-corrected chi connectivity index (χ2v) is 9.74. The Hall–Kier alpha value is -1.65. The number of hydrogen-bond acceptors (Lipinski definition) is 3. The molecule has 4 heteroatoms. The molecular weight excluding hydrogens is 352 g/mol. The van der Waals surface area contributed by atoms with Crippen LogP contribution in [0.1, 0.15) is 48.2 Å². The van der Waals surface area contributed by atoms with Crippen molar-refractivity contribution in [2.24, 2.45) is 11.3 Å². The molecule has 142 valence electrons. The van der Waals surface area contributed by atoms with Crippen LogP contribution in [-0.4, -0.2) is 36.5 Å². The van der Waals surface area contributed by atoms with E-state index in [1.54, 1.807) is 11.3 Å². The maximum atomic E-state index is 13.2. The van der Waals surface area contributed by atoms with Crippen LogP contribution in [0.25, 0.3) is 0 Å². The van der Waals surface area contributed by atoms with Crippen LogP contribution in [0.3, 0.4) is 0 Å². The molecule has 0 N–H and O–H groups in total. The van der Waals surface area contributed by atoms with Gasteiger partial charge in [-0.15, -0.1) is 11.3 Å². The summed E-state index contributed by atoms with van der Waals surface area (Å²) < 4.78 is 0. The lowest BCUT2D eigenvalue weighted by molar-refractivity contribution is 0.0141. The molecule has 5 rings (SSSR count). The predicted molar refractivity (Wildman–Crippen MR) is 111 cm³/mol. The molecule has 3 nitrogen and oxygen atoms in total. The first-order valence-electron chi connectivity index (χ1n) is 10.4. The molecule has 0 bridgehead atoms. The number of benzene rings is 1. The summed E-state index contributed by atoms with van der Waals surface area (Å²) in [6.45, 7) is 3.84. The van der Waals surface area contributed by atoms with Gasteiger partial charge in [-0.05, 0) is 86.5 Å². The Kier molecular flexibility index (Phi) is 4.57. The van der Waals surface area contributed by atoms with E-state index < -0.39 is 0 Å². The number of anilines is 1. The monoisotopic (exact) mass is 380 g/mol. The summed E-state index contributed by atoms with van der Waals surface area (Å²) in [5, 5.41) is 1.99. The average molecular weight is 381 g/mol. The van der Waals surface area contributed by atoms with Crippen LogP contribution in [-0.2, 0) is 0 Å². The third-order valence-corrected chi connectivity index (χ3v) is 7.68. The minimum atomic E-state index is 0.169. The van der Waals surface area contributed by atoms with E-state index in [4.69, 9.17) is 0 Å². The minimum Gasteiger partial charge on any atom is -0.305 e. The van der Waals surface area contributed by atoms with E-state index in [9.17, 15) is 4.79 Å². The molecule has 0 atom stereocenters. The van der Waals surface area contributed by atoms with E-state index in [1.807, 2.05) is 35.7 Å². The van der Waals surface area contributed by atoms with Crippen molar-refractivity contribution in [3.8, 4) is 0 Å². The molecule has 1 aliphatic heterocycles. The van der Waals surface area contributed by atoms with Crippen molar-refractivity contribution in [2.45, 2.75) is 44.6 Å². The number of nitrogens with zero attached hydrogens (tertiary/aromatic N) is 2. The zero-order chi connectivity index (χ0) is 18.3. The smallest absolute Gasteiger partial charge is 0.268 e. The van der Waals surface area contributed by atoms with Gasteiger partial charge >= 0.3 is 0 Å². The Labute approximate surface area is 166 Å². The van der Waals surface area contributed by atoms with Crippen LogP contribution >= 0.6 is 11.3 Å². The molecule has 3 fully saturated rings. The van der Waals surface area contributed by atoms with E-state index >= 15 is 0 Å². The van der Waals surface area contributed by atoms with Crippen molar-refractivity contribution in [1.29, 1.82) is 0 Å². The van der Waals surface area contributed by atoms with Gasteiger partial charge in [-0.2, -0.15) is 0 Å². The zero-order valence-corrected chi connectivity index (χ0v) is 16.7. The highest BCUT2D eigenvalue weighted by Gasteiger charge is 2.49. The fourth-order valence-corrected chi connectivity index (χ4v) is 5.67. The number of rotatable bonds is 5. The molecular formula is C23H28N2OS. The molecule has 2 aliphatic carbocycles. The Morgan fingerprint density at radius 3 is 2.44 bits per heavy atom. The number of carbonyl (C=O) groups is 1. The van der Waals surface area contributed by atoms with Gasteiger partial charge in [-0.1, -0.05) is 24.3 Å². The average Bonchev–Trinajstić information content (AvgIpc) is 3.31. The van der Waals surface area contributed by atoms with Crippen molar-refractivity contribution in [2.75, 3.05) is 24.5 Å². The fraction of sp³-hybridized carbons (Fsp3) is 0.522. The molecule has 1 saturated heterocycles. The van der Waals surface area contributed by atoms with Crippen LogP contribution in [0.5, 0.6) is 0 Å². The van der Waals surface area contributed by atoms with Crippen molar-refractivity contribution in [1.82, 2.24) is 4.90 Å². The third-order valence-electron chi connectivity index (χ3n) is 6.82. The van der Waals surface area contributed by atoms with E-state index in [-0.39, 0.29) is 5.91 Å². The first kappa shape index (κ1) is 17.4. The molecule has 0 radical (unpaired) electrons. The van der Waals surface area contributed by atoms with Crippen molar-refractivity contribution >= 4 is 22.9 Å². The van der Waals surface area contributed by atoms with E-state index in [0.29, 0.717) is 11.5 Å². The molecule has 1 aromatic heterocycles. The van der Waals surface area contributed by atoms with Crippen LogP contribution in [0.2, 0.25) is 0 Å². The van der Waals surface area contributed by atoms with Gasteiger partial charge in [0, 0.05) is 18.3 Å². The van der Waals surface area contributed by atoms with E-state index in [1.165, 1.54) is 45.3 Å². The first-order valence-corrected chi connectivity index (χ1v) is 11.2. The molecule has 1 amide bonds. The summed E-state index contributed by atoms with van der Waals surface area (Å²) in [6.07, 6.45) is 7.84. The Balaban J connectivity index is 1.28. The summed E-state index contributed by atoms with van der Waals surface area (Å²) in [6, 6.07) is 14.5. The Morgan fingerprint density at radius 1 is 1.07 bits per heavy atom. The molecule has 2 heterocycles. The number of piperidine rings is 1. The van der Waals surface area contributed by atoms with Gasteiger partial charge in [0.05, 0.1) is 4.88 Å². The lowest BCUT2D eigenvalue weighted by Gasteiger charge is -2.55. The zero-order valence-electron chi connectivity index (χ0n) is 15.8. The minimum absolute atomic E-state index is 0.169. The normalized spacial score (nSPS) is 22.5. The van der Waals surface area contributed by atoms with Gasteiger partial charge < -0.3 is 9.80 Å². The maximum Gasteiger partial charge on any atom is 0.268 e. The number of para-hydroxylation sites is 1. The van der Waals surface area contributed by atoms with Crippen molar-refractivity contribution in [3.63, 3.8) is 0 Å². The van der Waals surface area contributed by atoms with Gasteiger partial charge in [-0.25, -0.2) is 0 Å². The lowest BCUT2D eigenvalue weighted by Crippen LogP contribution is -2.56. The summed E-state index contributed by atoms with van der Waals surface area (Å²) >= 11 is 1.55. The van der Waals surface area contributed by atoms with Crippen LogP contribution in [0, 0.1) is 11.3 Å². The standard InChI is InChI=1S/C23H28N2OS/c26-22(21-7-4-14-27-21)25(19-5-2-1-3-6-19)20-15-23(16-20)10-12-24(13-11-23)17-18-8-9-18/h1-7,14,18,20H,8-13,15-17H2. The van der Waals surface area contributed by atoms with Gasteiger partial charge in [0.15, 0.2) is 0 Å². The highest BCUT2D eigenvalue weighted by Crippen LogP contribution is 2.52. The summed E-state index contributed by atoms with van der Waals surface area (Å²) in [5.74, 6) is 1.16. The number of hydrogen-bond donors (Lipinski definition) is 0. The molecule has 3 aliphatic rings. The topological polar surface area (TPSA) is 23.6 Å². The number of carbonyl (C=O) groups excluding carboxylic acids is 1. The molecule has 1 spiro atoms. The van der Waals surface area contributed by atoms with Crippen molar-refractivity contribution < 1.29 is 4.79 Å². The summed E-state index contributed by atoms with van der Waals surface area (Å²) in [5.41, 5.74) is 1.52. The second-order valence-electron chi connectivity index (χ2n) is 8.79. The van der Waals surface area contributed by atoms with E-state index in [2.05, 4.69) is 21.9 Å². The summed E-state index contributed by atoms with van der Waals surface area (Å²) in [7, 11) is 0. The van der Waals surface area contributed by atoms with Crippen LogP contribution < -0.4 is 4.90 Å². The quantitative estimate of drug-likeness (QED) is 0.725. The number of thiophene rings is 1. The van der Waals surface area contributed by atoms with Crippen LogP contribution in [0.15, 0.2) is 47.8 Å². The number of likely N-dealkylation sites (tertiary alicyclic amines) is 1. The Bertz CT molecular complexity index is 768. The fourth-order valence-electron chi connectivity index (χ4n) is 5.01. The molecule has 0 unspecified atom stereocenters. The van der Waals surface area contributed by atoms with E-state index in [0.717, 1.165) is 29.3 Å². The number of amides is 1. The van der Waals surface area contributed by atoms with Gasteiger partial charge in [0.25, 0.3) is 5.91 Å². The first-order chi connectivity index (χ1) is 13.2. The largest absolute Gasteiger partial charge is 0.305 e. The van der Waals surface area contributed by atoms with Crippen LogP contribution in [0.4, 0.5) is 5.69 Å². The lowest BCUT2D eigenvalue weighted by atomic mass is 9.60. The summed E-state index contributed by atoms with van der Waals surface area (Å²) in [4.78, 5) is 18.8. The molecule has 27 heavy (non-hydrogen) atoms. The third kappa shape index (κ3) is 3.57. The van der Waals surface area contributed by atoms with Crippen molar-refractivity contribution in [3.05, 3.63) is 52.7 Å². The Morgan fingerprint density at radius 2 is 1.81 bits per heavy atom. The molecule has 2 saturated carbocycles.